The van der Waals surface area contributed by atoms with E-state index in [2.05, 4.69) is 10.3 Å². The van der Waals surface area contributed by atoms with Crippen molar-refractivity contribution in [2.75, 3.05) is 0 Å². The van der Waals surface area contributed by atoms with Crippen LogP contribution in [0.15, 0.2) is 30.3 Å². The van der Waals surface area contributed by atoms with E-state index in [1.165, 1.54) is 0 Å². The third-order valence-electron chi connectivity index (χ3n) is 3.57. The molecule has 0 aliphatic carbocycles. The van der Waals surface area contributed by atoms with Gasteiger partial charge in [-0.3, -0.25) is 9.78 Å². The molecule has 0 aliphatic rings. The Labute approximate surface area is 118 Å². The monoisotopic (exact) mass is 272 g/mol. The first-order valence-corrected chi connectivity index (χ1v) is 6.68. The molecule has 0 saturated carbocycles. The number of nitrogens with one attached hydrogen (secondary N) is 1. The molecular formula is C16H20N2O2. The average molecular weight is 272 g/mol. The van der Waals surface area contributed by atoms with E-state index >= 15 is 0 Å². The SMILES string of the molecule is Cc1cc(C(=O)NC(C)(C)C(C)O)c2ccccc2n1. The van der Waals surface area contributed by atoms with Crippen LogP contribution in [0.5, 0.6) is 0 Å². The van der Waals surface area contributed by atoms with Crippen LogP contribution in [-0.2, 0) is 0 Å². The molecule has 4 heteroatoms. The minimum Gasteiger partial charge on any atom is -0.391 e. The van der Waals surface area contributed by atoms with Crippen molar-refractivity contribution in [2.45, 2.75) is 39.3 Å². The van der Waals surface area contributed by atoms with Gasteiger partial charge in [0.25, 0.3) is 5.91 Å². The topological polar surface area (TPSA) is 62.2 Å². The first-order chi connectivity index (χ1) is 9.31. The van der Waals surface area contributed by atoms with Crippen molar-refractivity contribution in [2.24, 2.45) is 0 Å². The second-order valence-corrected chi connectivity index (χ2v) is 5.68. The van der Waals surface area contributed by atoms with Gasteiger partial charge in [-0.15, -0.1) is 0 Å². The number of aliphatic hydroxyl groups is 1. The number of rotatable bonds is 3. The lowest BCUT2D eigenvalue weighted by atomic mass is 9.97. The minimum absolute atomic E-state index is 0.197. The summed E-state index contributed by atoms with van der Waals surface area (Å²) < 4.78 is 0. The van der Waals surface area contributed by atoms with E-state index in [1.807, 2.05) is 31.2 Å². The summed E-state index contributed by atoms with van der Waals surface area (Å²) in [4.78, 5) is 16.9. The Kier molecular flexibility index (Phi) is 3.77. The predicted octanol–water partition coefficient (Wildman–Crippen LogP) is 2.43. The van der Waals surface area contributed by atoms with Crippen LogP contribution in [0.1, 0.15) is 36.8 Å². The second kappa shape index (κ2) is 5.21. The first kappa shape index (κ1) is 14.5. The smallest absolute Gasteiger partial charge is 0.252 e. The molecule has 1 aromatic carbocycles. The Balaban J connectivity index is 2.45. The number of carbonyl (C=O) groups is 1. The summed E-state index contributed by atoms with van der Waals surface area (Å²) in [6.45, 7) is 7.12. The number of nitrogens with zero attached hydrogens (tertiary/aromatic N) is 1. The van der Waals surface area contributed by atoms with E-state index in [-0.39, 0.29) is 5.91 Å². The molecule has 1 atom stereocenters. The number of aliphatic hydroxyl groups excluding tert-OH is 1. The lowest BCUT2D eigenvalue weighted by molar-refractivity contribution is 0.0710. The molecule has 0 saturated heterocycles. The molecule has 0 spiro atoms. The number of aryl methyl sites for hydroxylation is 1. The third kappa shape index (κ3) is 2.80. The van der Waals surface area contributed by atoms with Gasteiger partial charge in [0.05, 0.1) is 22.7 Å². The number of hydrogen-bond acceptors (Lipinski definition) is 3. The quantitative estimate of drug-likeness (QED) is 0.902. The number of benzene rings is 1. The van der Waals surface area contributed by atoms with Gasteiger partial charge in [-0.1, -0.05) is 18.2 Å². The largest absolute Gasteiger partial charge is 0.391 e. The lowest BCUT2D eigenvalue weighted by Crippen LogP contribution is -2.51. The predicted molar refractivity (Wildman–Crippen MR) is 79.7 cm³/mol. The average Bonchev–Trinajstić information content (AvgIpc) is 2.36. The summed E-state index contributed by atoms with van der Waals surface area (Å²) in [5.41, 5.74) is 1.49. The van der Waals surface area contributed by atoms with Gasteiger partial charge in [-0.25, -0.2) is 0 Å². The maximum absolute atomic E-state index is 12.5. The van der Waals surface area contributed by atoms with Gasteiger partial charge >= 0.3 is 0 Å². The molecule has 20 heavy (non-hydrogen) atoms. The van der Waals surface area contributed by atoms with Crippen molar-refractivity contribution in [3.8, 4) is 0 Å². The molecule has 0 bridgehead atoms. The molecule has 2 rings (SSSR count). The molecule has 106 valence electrons. The maximum Gasteiger partial charge on any atom is 0.252 e. The Morgan fingerprint density at radius 3 is 2.65 bits per heavy atom. The molecule has 1 amide bonds. The van der Waals surface area contributed by atoms with Crippen LogP contribution in [0.4, 0.5) is 0 Å². The fraction of sp³-hybridized carbons (Fsp3) is 0.375. The minimum atomic E-state index is -0.685. The molecule has 0 fully saturated rings. The lowest BCUT2D eigenvalue weighted by Gasteiger charge is -2.29. The summed E-state index contributed by atoms with van der Waals surface area (Å²) in [6, 6.07) is 9.33. The highest BCUT2D eigenvalue weighted by atomic mass is 16.3. The summed E-state index contributed by atoms with van der Waals surface area (Å²) in [6.07, 6.45) is -0.638. The van der Waals surface area contributed by atoms with E-state index < -0.39 is 11.6 Å². The van der Waals surface area contributed by atoms with Crippen molar-refractivity contribution >= 4 is 16.8 Å². The standard InChI is InChI=1S/C16H20N2O2/c1-10-9-13(12-7-5-6-8-14(12)17-10)15(20)18-16(3,4)11(2)19/h5-9,11,19H,1-4H3,(H,18,20). The number of aromatic nitrogens is 1. The van der Waals surface area contributed by atoms with Crippen LogP contribution in [0.25, 0.3) is 10.9 Å². The van der Waals surface area contributed by atoms with Crippen LogP contribution in [0, 0.1) is 6.92 Å². The zero-order valence-electron chi connectivity index (χ0n) is 12.3. The van der Waals surface area contributed by atoms with E-state index in [0.29, 0.717) is 5.56 Å². The van der Waals surface area contributed by atoms with Crippen molar-refractivity contribution < 1.29 is 9.90 Å². The van der Waals surface area contributed by atoms with Gasteiger partial charge in [0.1, 0.15) is 0 Å². The zero-order chi connectivity index (χ0) is 14.9. The molecule has 0 aliphatic heterocycles. The zero-order valence-corrected chi connectivity index (χ0v) is 12.3. The van der Waals surface area contributed by atoms with E-state index in [4.69, 9.17) is 0 Å². The maximum atomic E-state index is 12.5. The highest BCUT2D eigenvalue weighted by Gasteiger charge is 2.27. The van der Waals surface area contributed by atoms with Gasteiger partial charge < -0.3 is 10.4 Å². The molecule has 1 unspecified atom stereocenters. The first-order valence-electron chi connectivity index (χ1n) is 6.68. The van der Waals surface area contributed by atoms with E-state index in [1.54, 1.807) is 26.8 Å². The van der Waals surface area contributed by atoms with E-state index in [9.17, 15) is 9.90 Å². The Bertz CT molecular complexity index is 648. The van der Waals surface area contributed by atoms with Crippen LogP contribution in [0.3, 0.4) is 0 Å². The normalized spacial score (nSPS) is 13.2. The number of pyridine rings is 1. The van der Waals surface area contributed by atoms with E-state index in [0.717, 1.165) is 16.6 Å². The van der Waals surface area contributed by atoms with Gasteiger partial charge in [-0.2, -0.15) is 0 Å². The summed E-state index contributed by atoms with van der Waals surface area (Å²) in [5.74, 6) is -0.197. The van der Waals surface area contributed by atoms with Crippen LogP contribution < -0.4 is 5.32 Å². The third-order valence-corrected chi connectivity index (χ3v) is 3.57. The van der Waals surface area contributed by atoms with Crippen LogP contribution in [0.2, 0.25) is 0 Å². The van der Waals surface area contributed by atoms with Crippen LogP contribution >= 0.6 is 0 Å². The molecule has 0 radical (unpaired) electrons. The van der Waals surface area contributed by atoms with Gasteiger partial charge in [0.2, 0.25) is 0 Å². The number of amides is 1. The summed E-state index contributed by atoms with van der Waals surface area (Å²) in [5, 5.41) is 13.4. The molecular weight excluding hydrogens is 252 g/mol. The summed E-state index contributed by atoms with van der Waals surface area (Å²) in [7, 11) is 0. The van der Waals surface area contributed by atoms with Crippen molar-refractivity contribution in [1.29, 1.82) is 0 Å². The molecule has 1 heterocycles. The van der Waals surface area contributed by atoms with Crippen LogP contribution in [-0.4, -0.2) is 27.6 Å². The van der Waals surface area contributed by atoms with Crippen molar-refractivity contribution in [1.82, 2.24) is 10.3 Å². The molecule has 1 aromatic heterocycles. The second-order valence-electron chi connectivity index (χ2n) is 5.68. The Hall–Kier alpha value is -1.94. The van der Waals surface area contributed by atoms with Crippen molar-refractivity contribution in [3.63, 3.8) is 0 Å². The Morgan fingerprint density at radius 2 is 2.00 bits per heavy atom. The Morgan fingerprint density at radius 1 is 1.35 bits per heavy atom. The molecule has 2 N–H and O–H groups in total. The number of para-hydroxylation sites is 1. The number of carbonyl (C=O) groups excluding carboxylic acids is 1. The van der Waals surface area contributed by atoms with Gasteiger partial charge in [0.15, 0.2) is 0 Å². The molecule has 4 nitrogen and oxygen atoms in total. The summed E-state index contributed by atoms with van der Waals surface area (Å²) >= 11 is 0. The fourth-order valence-corrected chi connectivity index (χ4v) is 1.96. The van der Waals surface area contributed by atoms with Crippen molar-refractivity contribution in [3.05, 3.63) is 41.6 Å². The highest BCUT2D eigenvalue weighted by Crippen LogP contribution is 2.19. The van der Waals surface area contributed by atoms with Gasteiger partial charge in [-0.05, 0) is 39.8 Å². The number of fused-ring (bicyclic) bond motifs is 1. The molecule has 2 aromatic rings. The highest BCUT2D eigenvalue weighted by molar-refractivity contribution is 6.06. The fourth-order valence-electron chi connectivity index (χ4n) is 1.96. The van der Waals surface area contributed by atoms with Gasteiger partial charge in [0, 0.05) is 11.1 Å². The number of hydrogen-bond donors (Lipinski definition) is 2.